The second-order valence-corrected chi connectivity index (χ2v) is 10.2. The molecular weight excluding hydrogens is 474 g/mol. The fourth-order valence-electron chi connectivity index (χ4n) is 5.83. The van der Waals surface area contributed by atoms with Crippen LogP contribution in [-0.2, 0) is 19.1 Å². The molecule has 2 fully saturated rings. The molecule has 200 valence electrons. The third-order valence-corrected chi connectivity index (χ3v) is 7.75. The zero-order chi connectivity index (χ0) is 26.7. The molecule has 3 aliphatic heterocycles. The van der Waals surface area contributed by atoms with E-state index in [0.29, 0.717) is 57.5 Å². The number of hydrogen-bond donors (Lipinski definition) is 1. The van der Waals surface area contributed by atoms with Crippen LogP contribution in [-0.4, -0.2) is 83.7 Å². The van der Waals surface area contributed by atoms with Gasteiger partial charge in [-0.3, -0.25) is 14.5 Å². The number of rotatable bonds is 6. The summed E-state index contributed by atoms with van der Waals surface area (Å²) in [4.78, 5) is 43.5. The number of ether oxygens (including phenoxy) is 2. The normalized spacial score (nSPS) is 22.5. The zero-order valence-corrected chi connectivity index (χ0v) is 22.2. The smallest absolute Gasteiger partial charge is 0.325 e. The second-order valence-electron chi connectivity index (χ2n) is 10.2. The molecule has 0 saturated carbocycles. The number of allylic oxidation sites excluding steroid dienone is 5. The quantitative estimate of drug-likeness (QED) is 0.542. The molecule has 0 aromatic heterocycles. The van der Waals surface area contributed by atoms with E-state index >= 15 is 0 Å². The lowest BCUT2D eigenvalue weighted by molar-refractivity contribution is -0.139. The van der Waals surface area contributed by atoms with Crippen LogP contribution in [0.1, 0.15) is 52.4 Å². The van der Waals surface area contributed by atoms with Gasteiger partial charge in [0.05, 0.1) is 19.8 Å². The Kier molecular flexibility index (Phi) is 7.80. The van der Waals surface area contributed by atoms with E-state index < -0.39 is 11.5 Å². The van der Waals surface area contributed by atoms with Crippen LogP contribution in [0.3, 0.4) is 0 Å². The van der Waals surface area contributed by atoms with Gasteiger partial charge in [-0.15, -0.1) is 0 Å². The summed E-state index contributed by atoms with van der Waals surface area (Å²) in [6.07, 6.45) is 11.3. The van der Waals surface area contributed by atoms with Crippen LogP contribution in [0.5, 0.6) is 0 Å². The summed E-state index contributed by atoms with van der Waals surface area (Å²) >= 11 is 0. The summed E-state index contributed by atoms with van der Waals surface area (Å²) in [7, 11) is 3.25. The largest absolute Gasteiger partial charge is 0.497 e. The van der Waals surface area contributed by atoms with Gasteiger partial charge in [0.2, 0.25) is 5.91 Å². The van der Waals surface area contributed by atoms with Crippen molar-refractivity contribution >= 4 is 17.9 Å². The number of carboxylic acid groups (broad SMARTS) is 1. The SMILES string of the molecule is COC1=CCC2=C(CC/C=C3\N(C2)C(=O)N(CC(=O)O)C32CCN(C(=O)CC=C(C)C)CC2)C(OC)=C1. The molecule has 3 amide bonds. The Balaban J connectivity index is 1.65. The van der Waals surface area contributed by atoms with Crippen LogP contribution in [0, 0.1) is 0 Å². The minimum absolute atomic E-state index is 0.0570. The minimum Gasteiger partial charge on any atom is -0.497 e. The van der Waals surface area contributed by atoms with Crippen molar-refractivity contribution in [3.63, 3.8) is 0 Å². The van der Waals surface area contributed by atoms with E-state index in [2.05, 4.69) is 6.08 Å². The van der Waals surface area contributed by atoms with Crippen molar-refractivity contribution in [1.29, 1.82) is 0 Å². The van der Waals surface area contributed by atoms with Gasteiger partial charge in [0.25, 0.3) is 0 Å². The maximum Gasteiger partial charge on any atom is 0.325 e. The van der Waals surface area contributed by atoms with Gasteiger partial charge >= 0.3 is 12.0 Å². The van der Waals surface area contributed by atoms with E-state index in [0.717, 1.165) is 34.6 Å². The van der Waals surface area contributed by atoms with Crippen molar-refractivity contribution in [2.75, 3.05) is 40.4 Å². The summed E-state index contributed by atoms with van der Waals surface area (Å²) in [6.45, 7) is 4.88. The number of aliphatic carboxylic acids is 1. The van der Waals surface area contributed by atoms with Crippen molar-refractivity contribution in [1.82, 2.24) is 14.7 Å². The highest BCUT2D eigenvalue weighted by molar-refractivity contribution is 5.87. The molecule has 0 atom stereocenters. The average molecular weight is 512 g/mol. The Hall–Kier alpha value is -3.49. The highest BCUT2D eigenvalue weighted by atomic mass is 16.5. The molecule has 37 heavy (non-hydrogen) atoms. The molecule has 1 aliphatic carbocycles. The lowest BCUT2D eigenvalue weighted by Crippen LogP contribution is -2.55. The van der Waals surface area contributed by atoms with Gasteiger partial charge < -0.3 is 24.4 Å². The van der Waals surface area contributed by atoms with Gasteiger partial charge in [0.1, 0.15) is 18.1 Å². The maximum absolute atomic E-state index is 13.8. The van der Waals surface area contributed by atoms with Crippen LogP contribution in [0.25, 0.3) is 0 Å². The van der Waals surface area contributed by atoms with Crippen molar-refractivity contribution in [3.05, 3.63) is 58.2 Å². The number of piperidine rings is 1. The number of methoxy groups -OCH3 is 2. The lowest BCUT2D eigenvalue weighted by Gasteiger charge is -2.44. The third-order valence-electron chi connectivity index (χ3n) is 7.75. The van der Waals surface area contributed by atoms with Gasteiger partial charge in [0, 0.05) is 37.8 Å². The number of carbonyl (C=O) groups excluding carboxylic acids is 2. The molecule has 0 aromatic carbocycles. The number of urea groups is 1. The molecule has 0 unspecified atom stereocenters. The third kappa shape index (κ3) is 5.17. The summed E-state index contributed by atoms with van der Waals surface area (Å²) in [6, 6.07) is -0.296. The van der Waals surface area contributed by atoms with Crippen molar-refractivity contribution < 1.29 is 29.0 Å². The van der Waals surface area contributed by atoms with E-state index in [1.54, 1.807) is 19.1 Å². The van der Waals surface area contributed by atoms with E-state index in [1.807, 2.05) is 37.0 Å². The van der Waals surface area contributed by atoms with E-state index in [-0.39, 0.29) is 18.5 Å². The van der Waals surface area contributed by atoms with Gasteiger partial charge in [-0.05, 0) is 63.2 Å². The van der Waals surface area contributed by atoms with Crippen LogP contribution in [0.15, 0.2) is 58.2 Å². The number of carbonyl (C=O) groups is 3. The fourth-order valence-corrected chi connectivity index (χ4v) is 5.83. The standard InChI is InChI=1S/C28H37N3O6/c1-19(2)8-11-25(32)29-14-12-28(13-15-29)24-7-5-6-22-20(9-10-21(36-3)16-23(22)37-4)17-30(24)27(35)31(28)18-26(33)34/h7-8,10,16H,5-6,9,11-15,17-18H2,1-4H3,(H,33,34)/b24-7-. The lowest BCUT2D eigenvalue weighted by atomic mass is 9.82. The molecule has 2 saturated heterocycles. The average Bonchev–Trinajstić information content (AvgIpc) is 2.97. The molecule has 4 rings (SSSR count). The summed E-state index contributed by atoms with van der Waals surface area (Å²) in [5.74, 6) is 0.446. The Labute approximate surface area is 218 Å². The molecule has 0 aromatic rings. The van der Waals surface area contributed by atoms with Crippen molar-refractivity contribution in [2.24, 2.45) is 0 Å². The monoisotopic (exact) mass is 511 g/mol. The number of hydrogen-bond acceptors (Lipinski definition) is 5. The van der Waals surface area contributed by atoms with Gasteiger partial charge in [0.15, 0.2) is 0 Å². The number of carboxylic acids is 1. The highest BCUT2D eigenvalue weighted by Crippen LogP contribution is 2.46. The van der Waals surface area contributed by atoms with Crippen molar-refractivity contribution in [2.45, 2.75) is 57.9 Å². The molecule has 9 heteroatoms. The zero-order valence-electron chi connectivity index (χ0n) is 22.2. The first kappa shape index (κ1) is 26.6. The first-order valence-corrected chi connectivity index (χ1v) is 12.8. The first-order valence-electron chi connectivity index (χ1n) is 12.8. The van der Waals surface area contributed by atoms with Crippen LogP contribution < -0.4 is 0 Å². The number of nitrogens with zero attached hydrogens (tertiary/aromatic N) is 3. The summed E-state index contributed by atoms with van der Waals surface area (Å²) < 4.78 is 11.2. The van der Waals surface area contributed by atoms with Crippen LogP contribution in [0.2, 0.25) is 0 Å². The van der Waals surface area contributed by atoms with Crippen LogP contribution >= 0.6 is 0 Å². The molecule has 9 nitrogen and oxygen atoms in total. The summed E-state index contributed by atoms with van der Waals surface area (Å²) in [5.41, 5.74) is 3.33. The number of likely N-dealkylation sites (tertiary alicyclic amines) is 1. The first-order chi connectivity index (χ1) is 17.7. The Morgan fingerprint density at radius 3 is 2.49 bits per heavy atom. The van der Waals surface area contributed by atoms with Gasteiger partial charge in [-0.1, -0.05) is 17.7 Å². The van der Waals surface area contributed by atoms with Crippen molar-refractivity contribution in [3.8, 4) is 0 Å². The predicted molar refractivity (Wildman–Crippen MR) is 138 cm³/mol. The highest BCUT2D eigenvalue weighted by Gasteiger charge is 2.55. The maximum atomic E-state index is 13.8. The molecule has 0 radical (unpaired) electrons. The van der Waals surface area contributed by atoms with E-state index in [4.69, 9.17) is 9.47 Å². The number of amides is 3. The number of fused-ring (bicyclic) bond motifs is 2. The minimum atomic E-state index is -1.04. The summed E-state index contributed by atoms with van der Waals surface area (Å²) in [5, 5.41) is 9.70. The van der Waals surface area contributed by atoms with E-state index in [1.165, 1.54) is 4.90 Å². The fraction of sp³-hybridized carbons (Fsp3) is 0.536. The molecule has 1 N–H and O–H groups in total. The second kappa shape index (κ2) is 10.9. The molecule has 0 bridgehead atoms. The molecule has 3 heterocycles. The van der Waals surface area contributed by atoms with Crippen LogP contribution in [0.4, 0.5) is 4.79 Å². The Bertz CT molecular complexity index is 1120. The molecule has 1 spiro atoms. The van der Waals surface area contributed by atoms with E-state index in [9.17, 15) is 19.5 Å². The molecular formula is C28H37N3O6. The molecule has 4 aliphatic rings. The predicted octanol–water partition coefficient (Wildman–Crippen LogP) is 3.96. The van der Waals surface area contributed by atoms with Gasteiger partial charge in [-0.2, -0.15) is 0 Å². The Morgan fingerprint density at radius 2 is 1.86 bits per heavy atom. The van der Waals surface area contributed by atoms with Gasteiger partial charge in [-0.25, -0.2) is 4.79 Å². The topological polar surface area (TPSA) is 99.6 Å². The Morgan fingerprint density at radius 1 is 1.14 bits per heavy atom.